The predicted octanol–water partition coefficient (Wildman–Crippen LogP) is 5.39. The molecule has 4 nitrogen and oxygen atoms in total. The van der Waals surface area contributed by atoms with Crippen molar-refractivity contribution in [2.24, 2.45) is 0 Å². The van der Waals surface area contributed by atoms with Gasteiger partial charge in [0, 0.05) is 17.4 Å². The first-order valence-electron chi connectivity index (χ1n) is 9.10. The summed E-state index contributed by atoms with van der Waals surface area (Å²) in [5.74, 6) is -1.47. The number of benzene rings is 3. The number of nitrogens with zero attached hydrogens (tertiary/aromatic N) is 1. The first kappa shape index (κ1) is 21.0. The normalized spacial score (nSPS) is 11.5. The topological polar surface area (TPSA) is 64.1 Å². The molecular formula is C23H15F2NO3S2. The van der Waals surface area contributed by atoms with Crippen LogP contribution < -0.4 is 0 Å². The molecule has 1 aromatic heterocycles. The Kier molecular flexibility index (Phi) is 5.51. The third-order valence-electron chi connectivity index (χ3n) is 4.56. The molecule has 0 saturated heterocycles. The van der Waals surface area contributed by atoms with Crippen molar-refractivity contribution in [3.63, 3.8) is 0 Å². The van der Waals surface area contributed by atoms with E-state index in [0.717, 1.165) is 23.7 Å². The van der Waals surface area contributed by atoms with Crippen molar-refractivity contribution in [2.45, 2.75) is 4.90 Å². The fraction of sp³-hybridized carbons (Fsp3) is 0.0435. The van der Waals surface area contributed by atoms with Gasteiger partial charge in [0.2, 0.25) is 5.78 Å². The second kappa shape index (κ2) is 8.13. The molecule has 0 amide bonds. The fourth-order valence-corrected chi connectivity index (χ4v) is 5.07. The molecule has 4 rings (SSSR count). The number of halogens is 2. The molecule has 1 heterocycles. The quantitative estimate of drug-likeness (QED) is 0.379. The molecule has 0 fully saturated rings. The average molecular weight is 456 g/mol. The molecule has 0 unspecified atom stereocenters. The Morgan fingerprint density at radius 1 is 0.903 bits per heavy atom. The molecule has 3 aromatic carbocycles. The molecule has 156 valence electrons. The maximum atomic E-state index is 13.6. The Morgan fingerprint density at radius 3 is 2.29 bits per heavy atom. The maximum Gasteiger partial charge on any atom is 0.221 e. The van der Waals surface area contributed by atoms with Crippen molar-refractivity contribution < 1.29 is 22.0 Å². The van der Waals surface area contributed by atoms with Gasteiger partial charge in [0.1, 0.15) is 11.6 Å². The lowest BCUT2D eigenvalue weighted by atomic mass is 10.1. The summed E-state index contributed by atoms with van der Waals surface area (Å²) in [4.78, 5) is 18.0. The standard InChI is InChI=1S/C23H15F2NO3S2/c1-31(28,29)19-8-3-2-7-18(19)20-22(14-9-11-16(24)12-10-14)30-23(26-20)21(27)15-5-4-6-17(25)13-15/h2-13H,1H3. The zero-order chi connectivity index (χ0) is 22.2. The SMILES string of the molecule is CS(=O)(=O)c1ccccc1-c1nc(C(=O)c2cccc(F)c2)sc1-c1ccc(F)cc1. The van der Waals surface area contributed by atoms with E-state index in [-0.39, 0.29) is 21.2 Å². The Balaban J connectivity index is 1.95. The summed E-state index contributed by atoms with van der Waals surface area (Å²) in [6.45, 7) is 0. The van der Waals surface area contributed by atoms with Crippen LogP contribution in [0.4, 0.5) is 8.78 Å². The first-order valence-corrected chi connectivity index (χ1v) is 11.8. The van der Waals surface area contributed by atoms with E-state index in [2.05, 4.69) is 4.98 Å². The van der Waals surface area contributed by atoms with Crippen LogP contribution in [-0.2, 0) is 9.84 Å². The third-order valence-corrected chi connectivity index (χ3v) is 6.81. The highest BCUT2D eigenvalue weighted by molar-refractivity contribution is 7.90. The summed E-state index contributed by atoms with van der Waals surface area (Å²) < 4.78 is 51.7. The van der Waals surface area contributed by atoms with Crippen molar-refractivity contribution in [2.75, 3.05) is 6.26 Å². The van der Waals surface area contributed by atoms with Gasteiger partial charge in [-0.25, -0.2) is 22.2 Å². The second-order valence-electron chi connectivity index (χ2n) is 6.81. The summed E-state index contributed by atoms with van der Waals surface area (Å²) in [5.41, 5.74) is 1.33. The largest absolute Gasteiger partial charge is 0.286 e. The van der Waals surface area contributed by atoms with E-state index in [0.29, 0.717) is 16.0 Å². The number of thiazole rings is 1. The van der Waals surface area contributed by atoms with Crippen LogP contribution in [-0.4, -0.2) is 25.4 Å². The zero-order valence-electron chi connectivity index (χ0n) is 16.2. The van der Waals surface area contributed by atoms with Gasteiger partial charge in [0.15, 0.2) is 14.8 Å². The molecule has 0 aliphatic heterocycles. The molecule has 4 aromatic rings. The van der Waals surface area contributed by atoms with Gasteiger partial charge in [-0.15, -0.1) is 11.3 Å². The number of ketones is 1. The molecule has 8 heteroatoms. The molecule has 0 bridgehead atoms. The molecule has 0 atom stereocenters. The van der Waals surface area contributed by atoms with Crippen molar-refractivity contribution in [1.82, 2.24) is 4.98 Å². The van der Waals surface area contributed by atoms with Crippen molar-refractivity contribution >= 4 is 27.0 Å². The lowest BCUT2D eigenvalue weighted by Gasteiger charge is -2.08. The number of hydrogen-bond donors (Lipinski definition) is 0. The minimum absolute atomic E-state index is 0.0633. The number of aromatic nitrogens is 1. The monoisotopic (exact) mass is 455 g/mol. The number of sulfone groups is 1. The Hall–Kier alpha value is -3.23. The van der Waals surface area contributed by atoms with E-state index in [1.54, 1.807) is 18.2 Å². The Morgan fingerprint density at radius 2 is 1.61 bits per heavy atom. The highest BCUT2D eigenvalue weighted by Crippen LogP contribution is 2.40. The van der Waals surface area contributed by atoms with Crippen LogP contribution >= 0.6 is 11.3 Å². The molecule has 0 spiro atoms. The highest BCUT2D eigenvalue weighted by Gasteiger charge is 2.24. The number of carbonyl (C=O) groups is 1. The third kappa shape index (κ3) is 4.30. The van der Waals surface area contributed by atoms with Gasteiger partial charge < -0.3 is 0 Å². The van der Waals surface area contributed by atoms with E-state index in [4.69, 9.17) is 0 Å². The predicted molar refractivity (Wildman–Crippen MR) is 116 cm³/mol. The lowest BCUT2D eigenvalue weighted by molar-refractivity contribution is 0.103. The summed E-state index contributed by atoms with van der Waals surface area (Å²) in [6.07, 6.45) is 1.09. The molecule has 0 aliphatic rings. The van der Waals surface area contributed by atoms with E-state index >= 15 is 0 Å². The minimum atomic E-state index is -3.59. The van der Waals surface area contributed by atoms with Crippen LogP contribution in [0.15, 0.2) is 77.7 Å². The van der Waals surface area contributed by atoms with Crippen LogP contribution in [0.2, 0.25) is 0 Å². The number of carbonyl (C=O) groups excluding carboxylic acids is 1. The summed E-state index contributed by atoms with van der Waals surface area (Å²) in [7, 11) is -3.59. The Bertz CT molecular complexity index is 1390. The summed E-state index contributed by atoms with van der Waals surface area (Å²) in [5, 5.41) is 0.0724. The smallest absolute Gasteiger partial charge is 0.221 e. The van der Waals surface area contributed by atoms with Crippen LogP contribution in [0, 0.1) is 11.6 Å². The van der Waals surface area contributed by atoms with Gasteiger partial charge in [-0.2, -0.15) is 0 Å². The average Bonchev–Trinajstić information content (AvgIpc) is 3.18. The number of hydrogen-bond acceptors (Lipinski definition) is 5. The number of rotatable bonds is 5. The minimum Gasteiger partial charge on any atom is -0.286 e. The lowest BCUT2D eigenvalue weighted by Crippen LogP contribution is -2.02. The van der Waals surface area contributed by atoms with Crippen LogP contribution in [0.5, 0.6) is 0 Å². The van der Waals surface area contributed by atoms with Gasteiger partial charge >= 0.3 is 0 Å². The van der Waals surface area contributed by atoms with E-state index in [9.17, 15) is 22.0 Å². The van der Waals surface area contributed by atoms with E-state index in [1.165, 1.54) is 48.5 Å². The van der Waals surface area contributed by atoms with Gasteiger partial charge in [-0.1, -0.05) is 42.5 Å². The van der Waals surface area contributed by atoms with Crippen molar-refractivity contribution in [3.05, 3.63) is 95.0 Å². The van der Waals surface area contributed by atoms with E-state index < -0.39 is 27.3 Å². The van der Waals surface area contributed by atoms with Gasteiger partial charge in [0.05, 0.1) is 15.5 Å². The van der Waals surface area contributed by atoms with Gasteiger partial charge in [-0.3, -0.25) is 4.79 Å². The molecule has 0 N–H and O–H groups in total. The van der Waals surface area contributed by atoms with Crippen molar-refractivity contribution in [3.8, 4) is 21.7 Å². The molecule has 31 heavy (non-hydrogen) atoms. The van der Waals surface area contributed by atoms with Gasteiger partial charge in [-0.05, 0) is 35.9 Å². The maximum absolute atomic E-state index is 13.6. The highest BCUT2D eigenvalue weighted by atomic mass is 32.2. The molecule has 0 saturated carbocycles. The van der Waals surface area contributed by atoms with E-state index in [1.807, 2.05) is 0 Å². The summed E-state index contributed by atoms with van der Waals surface area (Å²) >= 11 is 1.04. The molecule has 0 radical (unpaired) electrons. The van der Waals surface area contributed by atoms with Crippen LogP contribution in [0.3, 0.4) is 0 Å². The van der Waals surface area contributed by atoms with Crippen LogP contribution in [0.25, 0.3) is 21.7 Å². The second-order valence-corrected chi connectivity index (χ2v) is 9.79. The fourth-order valence-electron chi connectivity index (χ4n) is 3.14. The van der Waals surface area contributed by atoms with Gasteiger partial charge in [0.25, 0.3) is 0 Å². The van der Waals surface area contributed by atoms with Crippen LogP contribution in [0.1, 0.15) is 15.4 Å². The summed E-state index contributed by atoms with van der Waals surface area (Å²) in [6, 6.07) is 17.2. The molecular weight excluding hydrogens is 440 g/mol. The molecule has 0 aliphatic carbocycles. The van der Waals surface area contributed by atoms with Crippen molar-refractivity contribution in [1.29, 1.82) is 0 Å². The zero-order valence-corrected chi connectivity index (χ0v) is 17.8. The first-order chi connectivity index (χ1) is 14.7. The Labute approximate surface area is 181 Å².